The highest BCUT2D eigenvalue weighted by molar-refractivity contribution is 5.73. The van der Waals surface area contributed by atoms with Crippen molar-refractivity contribution in [3.8, 4) is 5.75 Å². The summed E-state index contributed by atoms with van der Waals surface area (Å²) in [4.78, 5) is 33.7. The van der Waals surface area contributed by atoms with Gasteiger partial charge in [-0.15, -0.1) is 0 Å². The van der Waals surface area contributed by atoms with Crippen LogP contribution >= 0.6 is 0 Å². The molecule has 0 aliphatic carbocycles. The second kappa shape index (κ2) is 9.27. The number of nitro benzene ring substituents is 2. The molecule has 0 atom stereocenters. The lowest BCUT2D eigenvalue weighted by Crippen LogP contribution is -2.34. The molecule has 2 rings (SSSR count). The molecular formula is C18H19N3O6. The highest BCUT2D eigenvalue weighted by Crippen LogP contribution is 2.17. The molecule has 0 aliphatic heterocycles. The molecular weight excluding hydrogens is 354 g/mol. The van der Waals surface area contributed by atoms with Gasteiger partial charge in [0, 0.05) is 37.7 Å². The van der Waals surface area contributed by atoms with E-state index in [4.69, 9.17) is 4.74 Å². The van der Waals surface area contributed by atoms with Crippen molar-refractivity contribution in [2.45, 2.75) is 13.3 Å². The quantitative estimate of drug-likeness (QED) is 0.493. The zero-order valence-electron chi connectivity index (χ0n) is 14.7. The molecule has 1 amide bonds. The Morgan fingerprint density at radius 2 is 1.44 bits per heavy atom. The molecule has 0 radical (unpaired) electrons. The van der Waals surface area contributed by atoms with E-state index in [0.717, 1.165) is 5.56 Å². The molecule has 9 nitrogen and oxygen atoms in total. The number of hydrogen-bond acceptors (Lipinski definition) is 6. The van der Waals surface area contributed by atoms with Crippen LogP contribution in [-0.4, -0.2) is 40.4 Å². The van der Waals surface area contributed by atoms with Gasteiger partial charge < -0.3 is 9.64 Å². The van der Waals surface area contributed by atoms with Crippen LogP contribution in [0.15, 0.2) is 48.5 Å². The van der Waals surface area contributed by atoms with Crippen LogP contribution < -0.4 is 4.74 Å². The van der Waals surface area contributed by atoms with Crippen molar-refractivity contribution in [3.05, 3.63) is 74.3 Å². The number of rotatable bonds is 9. The van der Waals surface area contributed by atoms with Crippen molar-refractivity contribution >= 4 is 17.3 Å². The molecule has 0 bridgehead atoms. The average molecular weight is 373 g/mol. The minimum atomic E-state index is -0.487. The van der Waals surface area contributed by atoms with E-state index in [1.807, 2.05) is 0 Å². The van der Waals surface area contributed by atoms with Crippen LogP contribution in [0.1, 0.15) is 12.5 Å². The van der Waals surface area contributed by atoms with Gasteiger partial charge in [0.05, 0.1) is 16.4 Å². The maximum absolute atomic E-state index is 11.8. The lowest BCUT2D eigenvalue weighted by molar-refractivity contribution is -0.385. The van der Waals surface area contributed by atoms with Gasteiger partial charge in [-0.25, -0.2) is 0 Å². The lowest BCUT2D eigenvalue weighted by Gasteiger charge is -2.21. The Bertz CT molecular complexity index is 805. The van der Waals surface area contributed by atoms with Crippen molar-refractivity contribution in [2.75, 3.05) is 19.7 Å². The molecule has 142 valence electrons. The van der Waals surface area contributed by atoms with E-state index in [1.54, 1.807) is 17.0 Å². The fourth-order valence-electron chi connectivity index (χ4n) is 2.41. The molecule has 27 heavy (non-hydrogen) atoms. The first-order chi connectivity index (χ1) is 12.9. The van der Waals surface area contributed by atoms with Gasteiger partial charge in [-0.3, -0.25) is 25.0 Å². The number of hydrogen-bond donors (Lipinski definition) is 0. The number of carbonyl (C=O) groups excluding carboxylic acids is 1. The standard InChI is InChI=1S/C18H19N3O6/c1-14(22)19(11-10-15-2-4-16(5-3-15)20(23)24)12-13-27-18-8-6-17(7-9-18)21(25)26/h2-9H,10-13H2,1H3. The van der Waals surface area contributed by atoms with Crippen molar-refractivity contribution in [1.29, 1.82) is 0 Å². The summed E-state index contributed by atoms with van der Waals surface area (Å²) in [5.74, 6) is 0.378. The average Bonchev–Trinajstić information content (AvgIpc) is 2.64. The van der Waals surface area contributed by atoms with Gasteiger partial charge in [-0.05, 0) is 24.1 Å². The highest BCUT2D eigenvalue weighted by Gasteiger charge is 2.11. The smallest absolute Gasteiger partial charge is 0.269 e. The molecule has 0 unspecified atom stereocenters. The summed E-state index contributed by atoms with van der Waals surface area (Å²) >= 11 is 0. The maximum Gasteiger partial charge on any atom is 0.269 e. The van der Waals surface area contributed by atoms with Gasteiger partial charge in [0.1, 0.15) is 12.4 Å². The van der Waals surface area contributed by atoms with E-state index < -0.39 is 9.85 Å². The van der Waals surface area contributed by atoms with E-state index >= 15 is 0 Å². The predicted molar refractivity (Wildman–Crippen MR) is 97.6 cm³/mol. The topological polar surface area (TPSA) is 116 Å². The van der Waals surface area contributed by atoms with Gasteiger partial charge in [0.2, 0.25) is 5.91 Å². The Morgan fingerprint density at radius 1 is 0.926 bits per heavy atom. The van der Waals surface area contributed by atoms with Gasteiger partial charge in [-0.1, -0.05) is 12.1 Å². The fraction of sp³-hybridized carbons (Fsp3) is 0.278. The molecule has 0 aromatic heterocycles. The molecule has 0 aliphatic rings. The van der Waals surface area contributed by atoms with Crippen LogP contribution in [0.3, 0.4) is 0 Å². The zero-order chi connectivity index (χ0) is 19.8. The molecule has 9 heteroatoms. The summed E-state index contributed by atoms with van der Waals surface area (Å²) in [6.45, 7) is 2.52. The lowest BCUT2D eigenvalue weighted by atomic mass is 10.1. The maximum atomic E-state index is 11.8. The van der Waals surface area contributed by atoms with Crippen LogP contribution in [0, 0.1) is 20.2 Å². The molecule has 2 aromatic carbocycles. The van der Waals surface area contributed by atoms with Gasteiger partial charge >= 0.3 is 0 Å². The van der Waals surface area contributed by atoms with E-state index in [1.165, 1.54) is 43.3 Å². The van der Waals surface area contributed by atoms with E-state index in [9.17, 15) is 25.0 Å². The van der Waals surface area contributed by atoms with Crippen molar-refractivity contribution in [3.63, 3.8) is 0 Å². The first kappa shape index (κ1) is 19.8. The summed E-state index contributed by atoms with van der Waals surface area (Å²) in [6, 6.07) is 11.9. The number of ether oxygens (including phenoxy) is 1. The largest absolute Gasteiger partial charge is 0.492 e. The molecule has 0 spiro atoms. The van der Waals surface area contributed by atoms with Crippen molar-refractivity contribution in [2.24, 2.45) is 0 Å². The Labute approximate surface area is 155 Å². The molecule has 2 aromatic rings. The summed E-state index contributed by atoms with van der Waals surface area (Å²) in [5.41, 5.74) is 0.901. The first-order valence-electron chi connectivity index (χ1n) is 8.23. The Hall–Kier alpha value is -3.49. The molecule has 0 saturated carbocycles. The number of nitrogens with zero attached hydrogens (tertiary/aromatic N) is 3. The Balaban J connectivity index is 1.83. The van der Waals surface area contributed by atoms with Crippen LogP contribution in [0.5, 0.6) is 5.75 Å². The Kier molecular flexibility index (Phi) is 6.81. The Morgan fingerprint density at radius 3 is 1.93 bits per heavy atom. The zero-order valence-corrected chi connectivity index (χ0v) is 14.7. The summed E-state index contributed by atoms with van der Waals surface area (Å²) < 4.78 is 5.52. The van der Waals surface area contributed by atoms with Crippen LogP contribution in [0.2, 0.25) is 0 Å². The van der Waals surface area contributed by atoms with E-state index in [0.29, 0.717) is 25.3 Å². The third-order valence-corrected chi connectivity index (χ3v) is 3.94. The highest BCUT2D eigenvalue weighted by atomic mass is 16.6. The fourth-order valence-corrected chi connectivity index (χ4v) is 2.41. The molecule has 0 N–H and O–H groups in total. The van der Waals surface area contributed by atoms with Crippen molar-refractivity contribution in [1.82, 2.24) is 4.90 Å². The number of benzene rings is 2. The van der Waals surface area contributed by atoms with E-state index in [-0.39, 0.29) is 23.9 Å². The summed E-state index contributed by atoms with van der Waals surface area (Å²) in [7, 11) is 0. The number of nitro groups is 2. The normalized spacial score (nSPS) is 10.3. The number of amides is 1. The molecule has 0 heterocycles. The minimum Gasteiger partial charge on any atom is -0.492 e. The summed E-state index contributed by atoms with van der Waals surface area (Å²) in [5, 5.41) is 21.3. The third-order valence-electron chi connectivity index (χ3n) is 3.94. The van der Waals surface area contributed by atoms with Crippen LogP contribution in [0.25, 0.3) is 0 Å². The van der Waals surface area contributed by atoms with Gasteiger partial charge in [0.15, 0.2) is 0 Å². The monoisotopic (exact) mass is 373 g/mol. The molecule has 0 saturated heterocycles. The van der Waals surface area contributed by atoms with Gasteiger partial charge in [-0.2, -0.15) is 0 Å². The number of carbonyl (C=O) groups is 1. The van der Waals surface area contributed by atoms with Crippen LogP contribution in [0.4, 0.5) is 11.4 Å². The third kappa shape index (κ3) is 6.07. The first-order valence-corrected chi connectivity index (χ1v) is 8.23. The second-order valence-corrected chi connectivity index (χ2v) is 5.78. The number of non-ortho nitro benzene ring substituents is 2. The molecule has 0 fully saturated rings. The summed E-state index contributed by atoms with van der Waals surface area (Å²) in [6.07, 6.45) is 0.565. The minimum absolute atomic E-state index is 0.0178. The van der Waals surface area contributed by atoms with E-state index in [2.05, 4.69) is 0 Å². The van der Waals surface area contributed by atoms with Gasteiger partial charge in [0.25, 0.3) is 11.4 Å². The SMILES string of the molecule is CC(=O)N(CCOc1ccc([N+](=O)[O-])cc1)CCc1ccc([N+](=O)[O-])cc1. The van der Waals surface area contributed by atoms with Crippen LogP contribution in [-0.2, 0) is 11.2 Å². The predicted octanol–water partition coefficient (Wildman–Crippen LogP) is 2.97. The second-order valence-electron chi connectivity index (χ2n) is 5.78. The van der Waals surface area contributed by atoms with Crippen molar-refractivity contribution < 1.29 is 19.4 Å².